The molecule has 3 heterocycles. The van der Waals surface area contributed by atoms with Crippen LogP contribution in [0.1, 0.15) is 24.6 Å². The quantitative estimate of drug-likeness (QED) is 0.900. The van der Waals surface area contributed by atoms with Crippen molar-refractivity contribution in [2.75, 3.05) is 19.6 Å². The largest absolute Gasteiger partial charge is 0.465 e. The number of hydrogen-bond donors (Lipinski definition) is 1. The van der Waals surface area contributed by atoms with E-state index in [1.165, 1.54) is 4.90 Å². The molecular weight excluding hydrogens is 330 g/mol. The Morgan fingerprint density at radius 2 is 2.17 bits per heavy atom. The zero-order valence-corrected chi connectivity index (χ0v) is 13.8. The van der Waals surface area contributed by atoms with Gasteiger partial charge < -0.3 is 14.5 Å². The summed E-state index contributed by atoms with van der Waals surface area (Å²) in [5, 5.41) is 14.1. The number of carbonyl (C=O) groups is 1. The molecule has 0 spiro atoms. The van der Waals surface area contributed by atoms with E-state index in [4.69, 9.17) is 21.2 Å². The van der Waals surface area contributed by atoms with Gasteiger partial charge in [0, 0.05) is 42.3 Å². The molecule has 2 saturated heterocycles. The molecule has 0 unspecified atom stereocenters. The van der Waals surface area contributed by atoms with Crippen LogP contribution in [0.4, 0.5) is 4.79 Å². The van der Waals surface area contributed by atoms with Crippen LogP contribution in [-0.4, -0.2) is 51.8 Å². The van der Waals surface area contributed by atoms with Crippen LogP contribution in [-0.2, 0) is 0 Å². The van der Waals surface area contributed by atoms with Crippen molar-refractivity contribution >= 4 is 17.7 Å². The number of piperazine rings is 1. The van der Waals surface area contributed by atoms with Gasteiger partial charge in [-0.3, -0.25) is 4.90 Å². The Kier molecular flexibility index (Phi) is 3.94. The summed E-state index contributed by atoms with van der Waals surface area (Å²) in [7, 11) is 0. The molecule has 2 aliphatic heterocycles. The van der Waals surface area contributed by atoms with Crippen molar-refractivity contribution in [2.45, 2.75) is 24.9 Å². The molecule has 2 fully saturated rings. The van der Waals surface area contributed by atoms with E-state index in [1.807, 2.05) is 30.3 Å². The van der Waals surface area contributed by atoms with Gasteiger partial charge in [0.15, 0.2) is 5.76 Å². The highest BCUT2D eigenvalue weighted by Gasteiger charge is 2.40. The van der Waals surface area contributed by atoms with Gasteiger partial charge in [-0.25, -0.2) is 4.79 Å². The van der Waals surface area contributed by atoms with Gasteiger partial charge in [-0.2, -0.15) is 0 Å². The highest BCUT2D eigenvalue weighted by Crippen LogP contribution is 2.38. The molecule has 2 aliphatic rings. The van der Waals surface area contributed by atoms with E-state index in [0.29, 0.717) is 23.9 Å². The summed E-state index contributed by atoms with van der Waals surface area (Å²) in [5.74, 6) is 0.708. The van der Waals surface area contributed by atoms with Gasteiger partial charge in [0.25, 0.3) is 0 Å². The predicted octanol–water partition coefficient (Wildman–Crippen LogP) is 3.49. The lowest BCUT2D eigenvalue weighted by Gasteiger charge is -2.38. The average molecular weight is 348 g/mol. The van der Waals surface area contributed by atoms with Crippen LogP contribution in [0.15, 0.2) is 34.9 Å². The third kappa shape index (κ3) is 2.76. The van der Waals surface area contributed by atoms with Crippen molar-refractivity contribution in [1.29, 1.82) is 0 Å². The lowest BCUT2D eigenvalue weighted by Crippen LogP contribution is -2.52. The van der Waals surface area contributed by atoms with Gasteiger partial charge in [-0.1, -0.05) is 28.9 Å². The molecule has 24 heavy (non-hydrogen) atoms. The van der Waals surface area contributed by atoms with Crippen molar-refractivity contribution in [1.82, 2.24) is 15.0 Å². The van der Waals surface area contributed by atoms with Crippen LogP contribution in [0.5, 0.6) is 0 Å². The normalized spacial score (nSPS) is 24.1. The number of fused-ring (bicyclic) bond motifs is 1. The van der Waals surface area contributed by atoms with Crippen LogP contribution in [0.25, 0.3) is 11.3 Å². The molecule has 0 saturated carbocycles. The number of carboxylic acid groups (broad SMARTS) is 1. The van der Waals surface area contributed by atoms with Crippen LogP contribution in [0.3, 0.4) is 0 Å². The van der Waals surface area contributed by atoms with Crippen molar-refractivity contribution in [3.63, 3.8) is 0 Å². The second kappa shape index (κ2) is 6.11. The Balaban J connectivity index is 1.53. The second-order valence-corrected chi connectivity index (χ2v) is 6.78. The summed E-state index contributed by atoms with van der Waals surface area (Å²) >= 11 is 6.04. The number of aromatic nitrogens is 1. The fraction of sp³-hybridized carbons (Fsp3) is 0.412. The van der Waals surface area contributed by atoms with E-state index in [0.717, 1.165) is 30.6 Å². The molecule has 1 N–H and O–H groups in total. The molecule has 1 aromatic carbocycles. The van der Waals surface area contributed by atoms with Gasteiger partial charge in [-0.15, -0.1) is 0 Å². The molecule has 0 radical (unpaired) electrons. The van der Waals surface area contributed by atoms with Crippen LogP contribution < -0.4 is 0 Å². The minimum absolute atomic E-state index is 0.197. The molecule has 1 amide bonds. The molecule has 6 nitrogen and oxygen atoms in total. The van der Waals surface area contributed by atoms with E-state index < -0.39 is 6.09 Å². The van der Waals surface area contributed by atoms with Gasteiger partial charge in [0.2, 0.25) is 0 Å². The summed E-state index contributed by atoms with van der Waals surface area (Å²) in [6, 6.07) is 9.95. The monoisotopic (exact) mass is 347 g/mol. The highest BCUT2D eigenvalue weighted by molar-refractivity contribution is 6.30. The van der Waals surface area contributed by atoms with Gasteiger partial charge >= 0.3 is 6.09 Å². The zero-order chi connectivity index (χ0) is 16.7. The predicted molar refractivity (Wildman–Crippen MR) is 89.0 cm³/mol. The maximum atomic E-state index is 11.2. The summed E-state index contributed by atoms with van der Waals surface area (Å²) in [6.07, 6.45) is 1.12. The fourth-order valence-electron chi connectivity index (χ4n) is 3.77. The number of halogens is 1. The molecular formula is C17H18ClN3O3. The SMILES string of the molecule is O=C(O)N1CCN2[C@@H](CC[C@@H]2c2cc(-c3cccc(Cl)c3)on2)C1. The topological polar surface area (TPSA) is 69.8 Å². The average Bonchev–Trinajstić information content (AvgIpc) is 3.20. The van der Waals surface area contributed by atoms with Gasteiger partial charge in [-0.05, 0) is 25.0 Å². The van der Waals surface area contributed by atoms with E-state index >= 15 is 0 Å². The van der Waals surface area contributed by atoms with Crippen molar-refractivity contribution in [2.24, 2.45) is 0 Å². The standard InChI is InChI=1S/C17H18ClN3O3/c18-12-3-1-2-11(8-12)16-9-14(19-24-16)15-5-4-13-10-20(17(22)23)6-7-21(13)15/h1-3,8-9,13,15H,4-7,10H2,(H,22,23)/t13-,15+/m0/s1. The van der Waals surface area contributed by atoms with E-state index in [2.05, 4.69) is 10.1 Å². The molecule has 4 rings (SSSR count). The Hall–Kier alpha value is -2.05. The molecule has 0 aliphatic carbocycles. The first-order valence-corrected chi connectivity index (χ1v) is 8.46. The molecule has 0 bridgehead atoms. The first-order valence-electron chi connectivity index (χ1n) is 8.08. The third-order valence-corrected chi connectivity index (χ3v) is 5.19. The number of hydrogen-bond acceptors (Lipinski definition) is 4. The van der Waals surface area contributed by atoms with Crippen molar-refractivity contribution < 1.29 is 14.4 Å². The molecule has 2 aromatic rings. The Morgan fingerprint density at radius 1 is 1.29 bits per heavy atom. The summed E-state index contributed by atoms with van der Waals surface area (Å²) < 4.78 is 5.52. The van der Waals surface area contributed by atoms with Crippen LogP contribution in [0, 0.1) is 0 Å². The van der Waals surface area contributed by atoms with Crippen LogP contribution >= 0.6 is 11.6 Å². The first-order chi connectivity index (χ1) is 11.6. The summed E-state index contributed by atoms with van der Waals surface area (Å²) in [6.45, 7) is 1.85. The third-order valence-electron chi connectivity index (χ3n) is 4.95. The minimum Gasteiger partial charge on any atom is -0.465 e. The van der Waals surface area contributed by atoms with E-state index in [1.54, 1.807) is 0 Å². The number of benzene rings is 1. The smallest absolute Gasteiger partial charge is 0.407 e. The molecule has 1 aromatic heterocycles. The summed E-state index contributed by atoms with van der Waals surface area (Å²) in [4.78, 5) is 15.0. The fourth-order valence-corrected chi connectivity index (χ4v) is 3.96. The van der Waals surface area contributed by atoms with Crippen LogP contribution in [0.2, 0.25) is 5.02 Å². The number of nitrogens with zero attached hydrogens (tertiary/aromatic N) is 3. The maximum Gasteiger partial charge on any atom is 0.407 e. The van der Waals surface area contributed by atoms with Gasteiger partial charge in [0.1, 0.15) is 5.69 Å². The Labute approximate surface area is 144 Å². The molecule has 2 atom stereocenters. The minimum atomic E-state index is -0.831. The van der Waals surface area contributed by atoms with Crippen molar-refractivity contribution in [3.8, 4) is 11.3 Å². The molecule has 7 heteroatoms. The Bertz CT molecular complexity index is 763. The zero-order valence-electron chi connectivity index (χ0n) is 13.1. The van der Waals surface area contributed by atoms with Gasteiger partial charge in [0.05, 0.1) is 6.04 Å². The lowest BCUT2D eigenvalue weighted by molar-refractivity contribution is 0.0700. The Morgan fingerprint density at radius 3 is 2.96 bits per heavy atom. The highest BCUT2D eigenvalue weighted by atomic mass is 35.5. The number of amides is 1. The second-order valence-electron chi connectivity index (χ2n) is 6.34. The van der Waals surface area contributed by atoms with E-state index in [9.17, 15) is 4.79 Å². The van der Waals surface area contributed by atoms with E-state index in [-0.39, 0.29) is 12.1 Å². The first kappa shape index (κ1) is 15.5. The molecule has 126 valence electrons. The van der Waals surface area contributed by atoms with Crippen molar-refractivity contribution in [3.05, 3.63) is 41.0 Å². The summed E-state index contributed by atoms with van der Waals surface area (Å²) in [5.41, 5.74) is 1.82. The number of rotatable bonds is 2. The maximum absolute atomic E-state index is 11.2. The lowest BCUT2D eigenvalue weighted by atomic mass is 10.1.